The summed E-state index contributed by atoms with van der Waals surface area (Å²) < 4.78 is 10.9. The van der Waals surface area contributed by atoms with Crippen LogP contribution in [0.5, 0.6) is 5.75 Å². The third-order valence-electron chi connectivity index (χ3n) is 7.87. The number of ether oxygens (including phenoxy) is 2. The van der Waals surface area contributed by atoms with Gasteiger partial charge >= 0.3 is 5.97 Å². The standard InChI is InChI=1S/C33H37N7O6/c1-3-45-33(44)24-14-17-40(18-15-24)19-16-34-29(41)13-12-22-8-10-23(11-9-22)20-28-36-30(38-37-28)31(42)35-25-21-46-27-7-5-4-6-26(27)39(2)32(25)43/h4-11,24-25H,3,14-21H2,1-2H3,(H,34,41)(H,35,42)(H,36,37,38)/t25-/m0/s1. The third-order valence-corrected chi connectivity index (χ3v) is 7.87. The van der Waals surface area contributed by atoms with Crippen molar-refractivity contribution in [2.75, 3.05) is 51.3 Å². The van der Waals surface area contributed by atoms with Crippen molar-refractivity contribution in [3.05, 3.63) is 71.3 Å². The van der Waals surface area contributed by atoms with E-state index in [4.69, 9.17) is 9.47 Å². The molecule has 0 saturated carbocycles. The number of amides is 3. The Labute approximate surface area is 267 Å². The van der Waals surface area contributed by atoms with Crippen LogP contribution < -0.4 is 20.3 Å². The largest absolute Gasteiger partial charge is 0.489 e. The summed E-state index contributed by atoms with van der Waals surface area (Å²) >= 11 is 0. The van der Waals surface area contributed by atoms with E-state index >= 15 is 0 Å². The number of fused-ring (bicyclic) bond motifs is 1. The number of hydrogen-bond acceptors (Lipinski definition) is 9. The van der Waals surface area contributed by atoms with Crippen LogP contribution in [0.15, 0.2) is 48.5 Å². The van der Waals surface area contributed by atoms with Gasteiger partial charge in [0.1, 0.15) is 24.2 Å². The van der Waals surface area contributed by atoms with E-state index in [0.29, 0.717) is 48.9 Å². The molecule has 1 fully saturated rings. The van der Waals surface area contributed by atoms with E-state index in [1.54, 1.807) is 31.3 Å². The molecule has 1 saturated heterocycles. The lowest BCUT2D eigenvalue weighted by Gasteiger charge is -2.30. The summed E-state index contributed by atoms with van der Waals surface area (Å²) in [6.07, 6.45) is 1.92. The van der Waals surface area contributed by atoms with Crippen molar-refractivity contribution >= 4 is 29.4 Å². The van der Waals surface area contributed by atoms with E-state index in [1.807, 2.05) is 31.2 Å². The van der Waals surface area contributed by atoms with Crippen LogP contribution in [0, 0.1) is 17.8 Å². The normalized spacial score (nSPS) is 16.7. The Morgan fingerprint density at radius 1 is 1.11 bits per heavy atom. The summed E-state index contributed by atoms with van der Waals surface area (Å²) in [5.74, 6) is 5.04. The average Bonchev–Trinajstić information content (AvgIpc) is 3.50. The third kappa shape index (κ3) is 8.28. The number of carbonyl (C=O) groups is 4. The summed E-state index contributed by atoms with van der Waals surface area (Å²) in [5.41, 5.74) is 2.21. The molecule has 13 nitrogen and oxygen atoms in total. The molecule has 3 amide bonds. The van der Waals surface area contributed by atoms with Crippen LogP contribution in [0.1, 0.15) is 47.3 Å². The van der Waals surface area contributed by atoms with Crippen LogP contribution >= 0.6 is 0 Å². The van der Waals surface area contributed by atoms with Gasteiger partial charge in [-0.05, 0) is 62.7 Å². The topological polar surface area (TPSA) is 159 Å². The van der Waals surface area contributed by atoms with E-state index in [0.717, 1.165) is 31.5 Å². The van der Waals surface area contributed by atoms with Crippen molar-refractivity contribution in [3.63, 3.8) is 0 Å². The van der Waals surface area contributed by atoms with Crippen LogP contribution in [0.3, 0.4) is 0 Å². The molecule has 2 aromatic carbocycles. The number of nitrogens with one attached hydrogen (secondary N) is 3. The zero-order valence-corrected chi connectivity index (χ0v) is 25.9. The highest BCUT2D eigenvalue weighted by atomic mass is 16.5. The quantitative estimate of drug-likeness (QED) is 0.235. The number of aromatic amines is 1. The van der Waals surface area contributed by atoms with Gasteiger partial charge in [0.25, 0.3) is 17.7 Å². The number of aromatic nitrogens is 3. The Bertz CT molecular complexity index is 1620. The van der Waals surface area contributed by atoms with Crippen molar-refractivity contribution in [3.8, 4) is 17.6 Å². The average molecular weight is 628 g/mol. The number of esters is 1. The van der Waals surface area contributed by atoms with Gasteiger partial charge < -0.3 is 29.9 Å². The number of H-pyrrole nitrogens is 1. The smallest absolute Gasteiger partial charge is 0.309 e. The molecule has 5 rings (SSSR count). The Morgan fingerprint density at radius 3 is 2.63 bits per heavy atom. The number of nitrogens with zero attached hydrogens (tertiary/aromatic N) is 4. The minimum absolute atomic E-state index is 0.0150. The van der Waals surface area contributed by atoms with Crippen LogP contribution in [-0.2, 0) is 25.5 Å². The summed E-state index contributed by atoms with van der Waals surface area (Å²) in [6.45, 7) is 4.96. The lowest BCUT2D eigenvalue weighted by atomic mass is 9.97. The molecule has 0 unspecified atom stereocenters. The molecule has 1 aromatic heterocycles. The van der Waals surface area contributed by atoms with Crippen molar-refractivity contribution in [2.45, 2.75) is 32.2 Å². The molecular weight excluding hydrogens is 590 g/mol. The number of likely N-dealkylation sites (N-methyl/N-ethyl adjacent to an activating group) is 1. The molecule has 0 spiro atoms. The predicted octanol–water partition coefficient (Wildman–Crippen LogP) is 1.29. The number of hydrogen-bond donors (Lipinski definition) is 3. The fourth-order valence-electron chi connectivity index (χ4n) is 5.31. The molecule has 2 aliphatic rings. The molecule has 3 N–H and O–H groups in total. The SMILES string of the molecule is CCOC(=O)C1CCN(CCNC(=O)C#Cc2ccc(Cc3nc(C(=O)N[C@H]4COc5ccccc5N(C)C4=O)n[nH]3)cc2)CC1. The number of anilines is 1. The second-order valence-corrected chi connectivity index (χ2v) is 11.1. The second-order valence-electron chi connectivity index (χ2n) is 11.1. The highest BCUT2D eigenvalue weighted by Gasteiger charge is 2.31. The number of para-hydroxylation sites is 2. The molecule has 0 radical (unpaired) electrons. The molecule has 0 bridgehead atoms. The monoisotopic (exact) mass is 627 g/mol. The van der Waals surface area contributed by atoms with Gasteiger partial charge in [-0.3, -0.25) is 24.3 Å². The number of piperidine rings is 1. The zero-order valence-electron chi connectivity index (χ0n) is 25.9. The summed E-state index contributed by atoms with van der Waals surface area (Å²) in [6, 6.07) is 13.6. The Kier molecular flexibility index (Phi) is 10.6. The highest BCUT2D eigenvalue weighted by molar-refractivity contribution is 6.02. The maximum Gasteiger partial charge on any atom is 0.309 e. The molecule has 3 aromatic rings. The molecule has 3 heterocycles. The Balaban J connectivity index is 1.05. The Morgan fingerprint density at radius 2 is 1.87 bits per heavy atom. The number of benzene rings is 2. The molecule has 46 heavy (non-hydrogen) atoms. The minimum Gasteiger partial charge on any atom is -0.489 e. The summed E-state index contributed by atoms with van der Waals surface area (Å²) in [4.78, 5) is 57.8. The van der Waals surface area contributed by atoms with Gasteiger partial charge in [-0.1, -0.05) is 30.2 Å². The number of carbonyl (C=O) groups excluding carboxylic acids is 4. The fraction of sp³-hybridized carbons (Fsp3) is 0.394. The van der Waals surface area contributed by atoms with Gasteiger partial charge in [-0.15, -0.1) is 5.10 Å². The summed E-state index contributed by atoms with van der Waals surface area (Å²) in [5, 5.41) is 12.3. The van der Waals surface area contributed by atoms with Gasteiger partial charge in [-0.25, -0.2) is 4.98 Å². The molecule has 2 aliphatic heterocycles. The Hall–Kier alpha value is -5.22. The van der Waals surface area contributed by atoms with Gasteiger partial charge in [-0.2, -0.15) is 0 Å². The van der Waals surface area contributed by atoms with Crippen molar-refractivity contribution in [1.29, 1.82) is 0 Å². The number of likely N-dealkylation sites (tertiary alicyclic amines) is 1. The van der Waals surface area contributed by atoms with Crippen molar-refractivity contribution < 1.29 is 28.7 Å². The van der Waals surface area contributed by atoms with E-state index < -0.39 is 11.9 Å². The maximum absolute atomic E-state index is 12.9. The van der Waals surface area contributed by atoms with Crippen LogP contribution in [-0.4, -0.2) is 96.3 Å². The van der Waals surface area contributed by atoms with Gasteiger partial charge in [0.15, 0.2) is 0 Å². The van der Waals surface area contributed by atoms with Crippen LogP contribution in [0.2, 0.25) is 0 Å². The maximum atomic E-state index is 12.9. The van der Waals surface area contributed by atoms with E-state index in [9.17, 15) is 19.2 Å². The fourth-order valence-corrected chi connectivity index (χ4v) is 5.31. The molecule has 240 valence electrons. The van der Waals surface area contributed by atoms with Crippen LogP contribution in [0.25, 0.3) is 0 Å². The predicted molar refractivity (Wildman–Crippen MR) is 168 cm³/mol. The van der Waals surface area contributed by atoms with Crippen molar-refractivity contribution in [1.82, 2.24) is 30.7 Å². The van der Waals surface area contributed by atoms with Gasteiger partial charge in [0.2, 0.25) is 5.82 Å². The highest BCUT2D eigenvalue weighted by Crippen LogP contribution is 2.29. The molecular formula is C33H37N7O6. The lowest BCUT2D eigenvalue weighted by Crippen LogP contribution is -2.49. The van der Waals surface area contributed by atoms with Crippen molar-refractivity contribution in [2.24, 2.45) is 5.92 Å². The van der Waals surface area contributed by atoms with Gasteiger partial charge in [0, 0.05) is 38.0 Å². The first kappa shape index (κ1) is 32.2. The first-order chi connectivity index (χ1) is 22.3. The molecule has 0 aliphatic carbocycles. The molecule has 1 atom stereocenters. The van der Waals surface area contributed by atoms with E-state index in [1.165, 1.54) is 4.90 Å². The lowest BCUT2D eigenvalue weighted by molar-refractivity contribution is -0.149. The first-order valence-electron chi connectivity index (χ1n) is 15.3. The molecule has 13 heteroatoms. The first-order valence-corrected chi connectivity index (χ1v) is 15.3. The minimum atomic E-state index is -0.899. The van der Waals surface area contributed by atoms with Crippen LogP contribution in [0.4, 0.5) is 5.69 Å². The number of rotatable bonds is 9. The van der Waals surface area contributed by atoms with E-state index in [-0.39, 0.29) is 36.1 Å². The second kappa shape index (κ2) is 15.2. The zero-order chi connectivity index (χ0) is 32.5. The van der Waals surface area contributed by atoms with E-state index in [2.05, 4.69) is 42.6 Å². The summed E-state index contributed by atoms with van der Waals surface area (Å²) in [7, 11) is 1.63. The van der Waals surface area contributed by atoms with Gasteiger partial charge in [0.05, 0.1) is 18.2 Å².